The van der Waals surface area contributed by atoms with Gasteiger partial charge in [-0.15, -0.1) is 0 Å². The minimum Gasteiger partial charge on any atom is -0.355 e. The lowest BCUT2D eigenvalue weighted by molar-refractivity contribution is 0.674. The number of halogens is 1. The number of hydrogen-bond donors (Lipinski definition) is 1. The van der Waals surface area contributed by atoms with Crippen LogP contribution in [0, 0.1) is 0 Å². The van der Waals surface area contributed by atoms with Crippen molar-refractivity contribution in [3.63, 3.8) is 0 Å². The Labute approximate surface area is 118 Å². The molecule has 2 rings (SSSR count). The molecule has 1 saturated heterocycles. The van der Waals surface area contributed by atoms with Crippen molar-refractivity contribution in [3.8, 4) is 0 Å². The summed E-state index contributed by atoms with van der Waals surface area (Å²) in [6.45, 7) is 6.18. The third-order valence-electron chi connectivity index (χ3n) is 3.00. The van der Waals surface area contributed by atoms with Gasteiger partial charge in [0.1, 0.15) is 5.82 Å². The highest BCUT2D eigenvalue weighted by molar-refractivity contribution is 7.99. The Morgan fingerprint density at radius 1 is 1.44 bits per heavy atom. The number of nitrogens with zero attached hydrogens (tertiary/aromatic N) is 2. The van der Waals surface area contributed by atoms with Gasteiger partial charge < -0.3 is 10.2 Å². The van der Waals surface area contributed by atoms with E-state index in [2.05, 4.69) is 28.2 Å². The molecule has 5 heteroatoms. The molecule has 1 aliphatic heterocycles. The normalized spacial score (nSPS) is 16.0. The Kier molecular flexibility index (Phi) is 5.60. The van der Waals surface area contributed by atoms with Crippen molar-refractivity contribution in [2.24, 2.45) is 0 Å². The monoisotopic (exact) mass is 285 g/mol. The molecule has 0 saturated carbocycles. The summed E-state index contributed by atoms with van der Waals surface area (Å²) in [6, 6.07) is 2.13. The molecule has 0 unspecified atom stereocenters. The first-order valence-electron chi connectivity index (χ1n) is 6.49. The molecule has 18 heavy (non-hydrogen) atoms. The van der Waals surface area contributed by atoms with Crippen LogP contribution in [0.1, 0.15) is 18.9 Å². The van der Waals surface area contributed by atoms with Crippen LogP contribution in [0.5, 0.6) is 0 Å². The lowest BCUT2D eigenvalue weighted by Crippen LogP contribution is -2.33. The van der Waals surface area contributed by atoms with E-state index in [1.807, 2.05) is 11.8 Å². The zero-order valence-electron chi connectivity index (χ0n) is 10.8. The Bertz CT molecular complexity index is 380. The fourth-order valence-corrected chi connectivity index (χ4v) is 3.04. The number of thioether (sulfide) groups is 1. The Morgan fingerprint density at radius 3 is 2.94 bits per heavy atom. The molecule has 1 aromatic heterocycles. The van der Waals surface area contributed by atoms with Gasteiger partial charge in [-0.1, -0.05) is 18.5 Å². The van der Waals surface area contributed by atoms with Crippen molar-refractivity contribution in [2.75, 3.05) is 36.0 Å². The average molecular weight is 286 g/mol. The molecule has 1 aromatic rings. The van der Waals surface area contributed by atoms with Crippen molar-refractivity contribution in [3.05, 3.63) is 22.8 Å². The summed E-state index contributed by atoms with van der Waals surface area (Å²) in [6.07, 6.45) is 2.92. The Balaban J connectivity index is 2.04. The van der Waals surface area contributed by atoms with Crippen LogP contribution in [0.2, 0.25) is 5.02 Å². The summed E-state index contributed by atoms with van der Waals surface area (Å²) in [5, 5.41) is 4.15. The quantitative estimate of drug-likeness (QED) is 0.842. The molecule has 0 atom stereocenters. The second-order valence-electron chi connectivity index (χ2n) is 4.41. The predicted octanol–water partition coefficient (Wildman–Crippen LogP) is 2.79. The fraction of sp³-hybridized carbons (Fsp3) is 0.615. The molecule has 0 aliphatic carbocycles. The van der Waals surface area contributed by atoms with Crippen LogP contribution in [-0.2, 0) is 6.54 Å². The summed E-state index contributed by atoms with van der Waals surface area (Å²) < 4.78 is 0. The molecular weight excluding hydrogens is 266 g/mol. The van der Waals surface area contributed by atoms with E-state index in [4.69, 9.17) is 11.6 Å². The van der Waals surface area contributed by atoms with E-state index in [-0.39, 0.29) is 0 Å². The minimum atomic E-state index is 0.758. The maximum absolute atomic E-state index is 6.19. The second-order valence-corrected chi connectivity index (χ2v) is 6.04. The molecule has 0 spiro atoms. The number of hydrogen-bond acceptors (Lipinski definition) is 4. The molecule has 0 amide bonds. The third kappa shape index (κ3) is 3.77. The highest BCUT2D eigenvalue weighted by Crippen LogP contribution is 2.22. The topological polar surface area (TPSA) is 28.2 Å². The van der Waals surface area contributed by atoms with Crippen LogP contribution >= 0.6 is 23.4 Å². The van der Waals surface area contributed by atoms with Crippen molar-refractivity contribution in [2.45, 2.75) is 19.9 Å². The van der Waals surface area contributed by atoms with E-state index >= 15 is 0 Å². The highest BCUT2D eigenvalue weighted by atomic mass is 35.5. The maximum atomic E-state index is 6.19. The SMILES string of the molecule is CCCNCc1cc(N2CCSCC2)ncc1Cl. The molecule has 0 radical (unpaired) electrons. The van der Waals surface area contributed by atoms with Gasteiger partial charge in [0.05, 0.1) is 5.02 Å². The third-order valence-corrected chi connectivity index (χ3v) is 4.28. The molecular formula is C13H20ClN3S. The van der Waals surface area contributed by atoms with Crippen molar-refractivity contribution in [1.82, 2.24) is 10.3 Å². The van der Waals surface area contributed by atoms with Crippen LogP contribution in [0.15, 0.2) is 12.3 Å². The van der Waals surface area contributed by atoms with E-state index in [0.29, 0.717) is 0 Å². The minimum absolute atomic E-state index is 0.758. The van der Waals surface area contributed by atoms with Gasteiger partial charge in [-0.05, 0) is 24.6 Å². The smallest absolute Gasteiger partial charge is 0.128 e. The van der Waals surface area contributed by atoms with Crippen LogP contribution in [0.3, 0.4) is 0 Å². The van der Waals surface area contributed by atoms with E-state index < -0.39 is 0 Å². The lowest BCUT2D eigenvalue weighted by Gasteiger charge is -2.27. The van der Waals surface area contributed by atoms with Gasteiger partial charge in [-0.25, -0.2) is 4.98 Å². The zero-order chi connectivity index (χ0) is 12.8. The average Bonchev–Trinajstić information content (AvgIpc) is 2.42. The van der Waals surface area contributed by atoms with Gasteiger partial charge in [0, 0.05) is 37.3 Å². The van der Waals surface area contributed by atoms with Gasteiger partial charge in [0.15, 0.2) is 0 Å². The van der Waals surface area contributed by atoms with Crippen molar-refractivity contribution >= 4 is 29.2 Å². The van der Waals surface area contributed by atoms with Crippen molar-refractivity contribution in [1.29, 1.82) is 0 Å². The van der Waals surface area contributed by atoms with Crippen molar-refractivity contribution < 1.29 is 0 Å². The number of rotatable bonds is 5. The fourth-order valence-electron chi connectivity index (χ4n) is 1.97. The predicted molar refractivity (Wildman–Crippen MR) is 80.8 cm³/mol. The largest absolute Gasteiger partial charge is 0.355 e. The number of aromatic nitrogens is 1. The molecule has 1 fully saturated rings. The summed E-state index contributed by atoms with van der Waals surface area (Å²) in [5.74, 6) is 3.44. The first-order valence-corrected chi connectivity index (χ1v) is 8.02. The summed E-state index contributed by atoms with van der Waals surface area (Å²) >= 11 is 8.20. The van der Waals surface area contributed by atoms with Gasteiger partial charge in [-0.3, -0.25) is 0 Å². The molecule has 1 N–H and O–H groups in total. The second kappa shape index (κ2) is 7.22. The van der Waals surface area contributed by atoms with Gasteiger partial charge >= 0.3 is 0 Å². The molecule has 1 aliphatic rings. The summed E-state index contributed by atoms with van der Waals surface area (Å²) in [4.78, 5) is 6.79. The highest BCUT2D eigenvalue weighted by Gasteiger charge is 2.13. The zero-order valence-corrected chi connectivity index (χ0v) is 12.4. The summed E-state index contributed by atoms with van der Waals surface area (Å²) in [7, 11) is 0. The van der Waals surface area contributed by atoms with Crippen LogP contribution in [0.4, 0.5) is 5.82 Å². The Hall–Kier alpha value is -0.450. The van der Waals surface area contributed by atoms with Crippen LogP contribution in [0.25, 0.3) is 0 Å². The van der Waals surface area contributed by atoms with Crippen LogP contribution < -0.4 is 10.2 Å². The molecule has 2 heterocycles. The van der Waals surface area contributed by atoms with E-state index in [1.54, 1.807) is 6.20 Å². The van der Waals surface area contributed by atoms with Gasteiger partial charge in [-0.2, -0.15) is 11.8 Å². The van der Waals surface area contributed by atoms with E-state index in [9.17, 15) is 0 Å². The first kappa shape index (κ1) is 14.0. The van der Waals surface area contributed by atoms with Gasteiger partial charge in [0.2, 0.25) is 0 Å². The number of anilines is 1. The summed E-state index contributed by atoms with van der Waals surface area (Å²) in [5.41, 5.74) is 1.15. The standard InChI is InChI=1S/C13H20ClN3S/c1-2-3-15-9-11-8-13(16-10-12(11)14)17-4-6-18-7-5-17/h8,10,15H,2-7,9H2,1H3. The molecule has 3 nitrogen and oxygen atoms in total. The number of nitrogens with one attached hydrogen (secondary N) is 1. The maximum Gasteiger partial charge on any atom is 0.128 e. The molecule has 0 aromatic carbocycles. The molecule has 0 bridgehead atoms. The van der Waals surface area contributed by atoms with Crippen LogP contribution in [-0.4, -0.2) is 36.1 Å². The van der Waals surface area contributed by atoms with Gasteiger partial charge in [0.25, 0.3) is 0 Å². The molecule has 100 valence electrons. The van der Waals surface area contributed by atoms with E-state index in [0.717, 1.165) is 49.0 Å². The van der Waals surface area contributed by atoms with E-state index in [1.165, 1.54) is 11.5 Å². The Morgan fingerprint density at radius 2 is 2.22 bits per heavy atom. The number of pyridine rings is 1. The lowest BCUT2D eigenvalue weighted by atomic mass is 10.2. The first-order chi connectivity index (χ1) is 8.81.